The molecule has 0 fully saturated rings. The predicted molar refractivity (Wildman–Crippen MR) is 78.0 cm³/mol. The molecule has 0 aliphatic carbocycles. The Kier molecular flexibility index (Phi) is 5.81. The molecule has 0 aliphatic rings. The average Bonchev–Trinajstić information content (AvgIpc) is 2.28. The van der Waals surface area contributed by atoms with Crippen molar-refractivity contribution in [3.05, 3.63) is 21.2 Å². The molecule has 1 aromatic rings. The SMILES string of the molecule is CC(C)N(CCNc1nc[nH]c(=O)c1Br)C(C)C. The van der Waals surface area contributed by atoms with Crippen LogP contribution in [0.25, 0.3) is 0 Å². The highest BCUT2D eigenvalue weighted by Gasteiger charge is 2.13. The summed E-state index contributed by atoms with van der Waals surface area (Å²) < 4.78 is 0.450. The Balaban J connectivity index is 2.56. The maximum absolute atomic E-state index is 11.4. The van der Waals surface area contributed by atoms with Crippen molar-refractivity contribution in [3.8, 4) is 0 Å². The van der Waals surface area contributed by atoms with Crippen molar-refractivity contribution < 1.29 is 0 Å². The number of anilines is 1. The molecule has 0 radical (unpaired) electrons. The van der Waals surface area contributed by atoms with Crippen molar-refractivity contribution in [2.24, 2.45) is 0 Å². The Bertz CT molecular complexity index is 422. The van der Waals surface area contributed by atoms with Gasteiger partial charge in [0, 0.05) is 25.2 Å². The second-order valence-corrected chi connectivity index (χ2v) is 5.54. The molecule has 0 bridgehead atoms. The van der Waals surface area contributed by atoms with Gasteiger partial charge >= 0.3 is 0 Å². The molecule has 0 spiro atoms. The van der Waals surface area contributed by atoms with Gasteiger partial charge in [0.25, 0.3) is 5.56 Å². The van der Waals surface area contributed by atoms with E-state index >= 15 is 0 Å². The lowest BCUT2D eigenvalue weighted by Crippen LogP contribution is -2.40. The fraction of sp³-hybridized carbons (Fsp3) is 0.667. The number of nitrogens with zero attached hydrogens (tertiary/aromatic N) is 2. The van der Waals surface area contributed by atoms with Crippen molar-refractivity contribution in [3.63, 3.8) is 0 Å². The van der Waals surface area contributed by atoms with Crippen LogP contribution in [0.15, 0.2) is 15.6 Å². The molecule has 0 saturated heterocycles. The molecule has 0 atom stereocenters. The molecule has 6 heteroatoms. The molecule has 0 aliphatic heterocycles. The van der Waals surface area contributed by atoms with Gasteiger partial charge in [-0.1, -0.05) is 0 Å². The normalized spacial score (nSPS) is 11.6. The number of aromatic amines is 1. The predicted octanol–water partition coefficient (Wildman–Crippen LogP) is 2.06. The zero-order valence-electron chi connectivity index (χ0n) is 11.3. The molecule has 0 unspecified atom stereocenters. The van der Waals surface area contributed by atoms with Crippen molar-refractivity contribution >= 4 is 21.7 Å². The number of rotatable bonds is 6. The van der Waals surface area contributed by atoms with E-state index in [1.54, 1.807) is 0 Å². The lowest BCUT2D eigenvalue weighted by Gasteiger charge is -2.30. The van der Waals surface area contributed by atoms with Crippen molar-refractivity contribution in [1.29, 1.82) is 0 Å². The fourth-order valence-corrected chi connectivity index (χ4v) is 2.28. The Morgan fingerprint density at radius 1 is 1.39 bits per heavy atom. The lowest BCUT2D eigenvalue weighted by atomic mass is 10.2. The first kappa shape index (κ1) is 15.2. The summed E-state index contributed by atoms with van der Waals surface area (Å²) >= 11 is 3.22. The molecule has 5 nitrogen and oxygen atoms in total. The second kappa shape index (κ2) is 6.89. The summed E-state index contributed by atoms with van der Waals surface area (Å²) in [4.78, 5) is 20.3. The Morgan fingerprint density at radius 3 is 2.56 bits per heavy atom. The van der Waals surface area contributed by atoms with E-state index in [2.05, 4.69) is 63.8 Å². The van der Waals surface area contributed by atoms with Gasteiger partial charge in [-0.15, -0.1) is 0 Å². The molecule has 18 heavy (non-hydrogen) atoms. The highest BCUT2D eigenvalue weighted by Crippen LogP contribution is 2.13. The molecular formula is C12H21BrN4O. The quantitative estimate of drug-likeness (QED) is 0.843. The van der Waals surface area contributed by atoms with Crippen LogP contribution in [0, 0.1) is 0 Å². The van der Waals surface area contributed by atoms with Crippen molar-refractivity contribution in [1.82, 2.24) is 14.9 Å². The third-order valence-electron chi connectivity index (χ3n) is 2.79. The summed E-state index contributed by atoms with van der Waals surface area (Å²) in [5.41, 5.74) is -0.169. The standard InChI is InChI=1S/C12H21BrN4O/c1-8(2)17(9(3)4)6-5-14-11-10(13)12(18)16-7-15-11/h7-9H,5-6H2,1-4H3,(H2,14,15,16,18). The molecule has 2 N–H and O–H groups in total. The van der Waals surface area contributed by atoms with Crippen LogP contribution in [0.1, 0.15) is 27.7 Å². The van der Waals surface area contributed by atoms with Crippen molar-refractivity contribution in [2.45, 2.75) is 39.8 Å². The number of hydrogen-bond acceptors (Lipinski definition) is 4. The number of H-pyrrole nitrogens is 1. The molecule has 1 aromatic heterocycles. The van der Waals surface area contributed by atoms with E-state index in [1.165, 1.54) is 6.33 Å². The summed E-state index contributed by atoms with van der Waals surface area (Å²) in [6.07, 6.45) is 1.40. The van der Waals surface area contributed by atoms with Crippen LogP contribution in [0.2, 0.25) is 0 Å². The number of hydrogen-bond donors (Lipinski definition) is 2. The van der Waals surface area contributed by atoms with Crippen LogP contribution >= 0.6 is 15.9 Å². The first-order valence-electron chi connectivity index (χ1n) is 6.16. The Labute approximate surface area is 116 Å². The molecule has 0 amide bonds. The first-order valence-corrected chi connectivity index (χ1v) is 6.95. The maximum atomic E-state index is 11.4. The summed E-state index contributed by atoms with van der Waals surface area (Å²) in [7, 11) is 0. The van der Waals surface area contributed by atoms with Gasteiger partial charge in [0.15, 0.2) is 0 Å². The second-order valence-electron chi connectivity index (χ2n) is 4.75. The third kappa shape index (κ3) is 4.10. The van der Waals surface area contributed by atoms with Gasteiger partial charge < -0.3 is 10.3 Å². The monoisotopic (exact) mass is 316 g/mol. The van der Waals surface area contributed by atoms with Crippen LogP contribution in [0.4, 0.5) is 5.82 Å². The molecule has 1 heterocycles. The third-order valence-corrected chi connectivity index (χ3v) is 3.52. The van der Waals surface area contributed by atoms with Gasteiger partial charge in [0.1, 0.15) is 10.3 Å². The number of nitrogens with one attached hydrogen (secondary N) is 2. The summed E-state index contributed by atoms with van der Waals surface area (Å²) in [6, 6.07) is 1.00. The summed E-state index contributed by atoms with van der Waals surface area (Å²) in [5.74, 6) is 0.589. The van der Waals surface area contributed by atoms with Crippen LogP contribution in [0.5, 0.6) is 0 Å². The molecule has 0 saturated carbocycles. The van der Waals surface area contributed by atoms with Crippen molar-refractivity contribution in [2.75, 3.05) is 18.4 Å². The fourth-order valence-electron chi connectivity index (χ4n) is 1.92. The van der Waals surface area contributed by atoms with E-state index in [-0.39, 0.29) is 5.56 Å². The minimum Gasteiger partial charge on any atom is -0.368 e. The van der Waals surface area contributed by atoms with Gasteiger partial charge in [-0.25, -0.2) is 4.98 Å². The number of halogens is 1. The zero-order chi connectivity index (χ0) is 13.7. The zero-order valence-corrected chi connectivity index (χ0v) is 12.9. The number of aromatic nitrogens is 2. The van der Waals surface area contributed by atoms with Crippen LogP contribution in [-0.2, 0) is 0 Å². The van der Waals surface area contributed by atoms with Gasteiger partial charge in [-0.3, -0.25) is 9.69 Å². The first-order chi connectivity index (χ1) is 8.43. The van der Waals surface area contributed by atoms with Gasteiger partial charge in [0.2, 0.25) is 0 Å². The Morgan fingerprint density at radius 2 is 2.00 bits per heavy atom. The smallest absolute Gasteiger partial charge is 0.267 e. The highest BCUT2D eigenvalue weighted by molar-refractivity contribution is 9.10. The van der Waals surface area contributed by atoms with E-state index in [9.17, 15) is 4.79 Å². The average molecular weight is 317 g/mol. The van der Waals surface area contributed by atoms with E-state index in [0.717, 1.165) is 13.1 Å². The summed E-state index contributed by atoms with van der Waals surface area (Å²) in [6.45, 7) is 10.4. The molecule has 1 rings (SSSR count). The van der Waals surface area contributed by atoms with E-state index in [1.807, 2.05) is 0 Å². The highest BCUT2D eigenvalue weighted by atomic mass is 79.9. The molecule has 0 aromatic carbocycles. The van der Waals surface area contributed by atoms with E-state index in [4.69, 9.17) is 0 Å². The minimum atomic E-state index is -0.169. The van der Waals surface area contributed by atoms with Crippen LogP contribution in [-0.4, -0.2) is 40.0 Å². The lowest BCUT2D eigenvalue weighted by molar-refractivity contribution is 0.182. The van der Waals surface area contributed by atoms with Crippen LogP contribution in [0.3, 0.4) is 0 Å². The minimum absolute atomic E-state index is 0.169. The van der Waals surface area contributed by atoms with Crippen LogP contribution < -0.4 is 10.9 Å². The van der Waals surface area contributed by atoms with E-state index in [0.29, 0.717) is 22.4 Å². The van der Waals surface area contributed by atoms with E-state index < -0.39 is 0 Å². The topological polar surface area (TPSA) is 61.0 Å². The molecule has 102 valence electrons. The largest absolute Gasteiger partial charge is 0.368 e. The van der Waals surface area contributed by atoms with Gasteiger partial charge in [0.05, 0.1) is 6.33 Å². The maximum Gasteiger partial charge on any atom is 0.267 e. The molecular weight excluding hydrogens is 296 g/mol. The van der Waals surface area contributed by atoms with Gasteiger partial charge in [-0.2, -0.15) is 0 Å². The summed E-state index contributed by atoms with van der Waals surface area (Å²) in [5, 5.41) is 3.17. The van der Waals surface area contributed by atoms with Gasteiger partial charge in [-0.05, 0) is 43.6 Å². The Hall–Kier alpha value is -0.880.